The van der Waals surface area contributed by atoms with E-state index in [-0.39, 0.29) is 5.56 Å². The zero-order valence-corrected chi connectivity index (χ0v) is 14.8. The van der Waals surface area contributed by atoms with Crippen LogP contribution in [0.3, 0.4) is 0 Å². The summed E-state index contributed by atoms with van der Waals surface area (Å²) < 4.78 is 3.49. The second-order valence-corrected chi connectivity index (χ2v) is 7.03. The summed E-state index contributed by atoms with van der Waals surface area (Å²) in [6.07, 6.45) is 5.90. The van der Waals surface area contributed by atoms with E-state index in [2.05, 4.69) is 36.1 Å². The Bertz CT molecular complexity index is 966. The lowest BCUT2D eigenvalue weighted by Crippen LogP contribution is -3.10. The van der Waals surface area contributed by atoms with Gasteiger partial charge in [0.2, 0.25) is 0 Å². The number of nitrogens with one attached hydrogen (secondary N) is 1. The molecule has 0 bridgehead atoms. The summed E-state index contributed by atoms with van der Waals surface area (Å²) in [7, 11) is 0. The zero-order chi connectivity index (χ0) is 17.4. The van der Waals surface area contributed by atoms with Crippen LogP contribution in [0.5, 0.6) is 0 Å². The molecule has 0 spiro atoms. The van der Waals surface area contributed by atoms with Crippen molar-refractivity contribution in [3.63, 3.8) is 0 Å². The summed E-state index contributed by atoms with van der Waals surface area (Å²) in [6, 6.07) is 6.19. The maximum Gasteiger partial charge on any atom is 0.264 e. The molecule has 3 aromatic rings. The smallest absolute Gasteiger partial charge is 0.264 e. The van der Waals surface area contributed by atoms with Gasteiger partial charge in [-0.2, -0.15) is 5.10 Å². The van der Waals surface area contributed by atoms with Crippen molar-refractivity contribution in [3.05, 3.63) is 52.2 Å². The molecule has 0 unspecified atom stereocenters. The molecule has 1 fully saturated rings. The van der Waals surface area contributed by atoms with E-state index < -0.39 is 0 Å². The fourth-order valence-corrected chi connectivity index (χ4v) is 3.73. The monoisotopic (exact) mass is 338 g/mol. The minimum atomic E-state index is -0.000360. The third-order valence-electron chi connectivity index (χ3n) is 5.15. The molecule has 2 aromatic heterocycles. The van der Waals surface area contributed by atoms with Crippen LogP contribution in [-0.2, 0) is 6.54 Å². The highest BCUT2D eigenvalue weighted by atomic mass is 16.1. The molecular formula is C19H24N5O+. The van der Waals surface area contributed by atoms with Crippen LogP contribution in [0.1, 0.15) is 24.0 Å². The van der Waals surface area contributed by atoms with Crippen LogP contribution in [0, 0.1) is 13.8 Å². The maximum absolute atomic E-state index is 12.8. The first kappa shape index (κ1) is 16.0. The van der Waals surface area contributed by atoms with E-state index in [1.807, 2.05) is 6.07 Å². The van der Waals surface area contributed by atoms with Gasteiger partial charge in [-0.05, 0) is 25.5 Å². The molecule has 3 heterocycles. The average molecular weight is 338 g/mol. The van der Waals surface area contributed by atoms with E-state index in [0.717, 1.165) is 17.8 Å². The number of aryl methyl sites for hydroxylation is 2. The van der Waals surface area contributed by atoms with Gasteiger partial charge in [0.1, 0.15) is 11.7 Å². The van der Waals surface area contributed by atoms with E-state index >= 15 is 0 Å². The largest absolute Gasteiger partial charge is 0.333 e. The lowest BCUT2D eigenvalue weighted by atomic mass is 10.1. The normalized spacial score (nSPS) is 15.3. The van der Waals surface area contributed by atoms with E-state index in [1.165, 1.54) is 31.5 Å². The number of rotatable bonds is 4. The molecule has 0 saturated carbocycles. The van der Waals surface area contributed by atoms with Gasteiger partial charge in [0.05, 0.1) is 38.1 Å². The molecule has 6 heteroatoms. The van der Waals surface area contributed by atoms with Gasteiger partial charge in [0.15, 0.2) is 5.65 Å². The molecule has 1 N–H and O–H groups in total. The lowest BCUT2D eigenvalue weighted by molar-refractivity contribution is -0.888. The Kier molecular flexibility index (Phi) is 4.13. The van der Waals surface area contributed by atoms with E-state index in [0.29, 0.717) is 17.6 Å². The van der Waals surface area contributed by atoms with Gasteiger partial charge >= 0.3 is 0 Å². The molecule has 130 valence electrons. The molecule has 0 atom stereocenters. The molecule has 6 nitrogen and oxygen atoms in total. The first-order chi connectivity index (χ1) is 12.1. The predicted molar refractivity (Wildman–Crippen MR) is 97.4 cm³/mol. The number of benzene rings is 1. The summed E-state index contributed by atoms with van der Waals surface area (Å²) >= 11 is 0. The zero-order valence-electron chi connectivity index (χ0n) is 14.8. The topological polar surface area (TPSA) is 57.1 Å². The quantitative estimate of drug-likeness (QED) is 0.768. The van der Waals surface area contributed by atoms with Gasteiger partial charge in [0.25, 0.3) is 5.56 Å². The number of fused-ring (bicyclic) bond motifs is 1. The third-order valence-corrected chi connectivity index (χ3v) is 5.15. The molecule has 1 saturated heterocycles. The fourth-order valence-electron chi connectivity index (χ4n) is 3.73. The Hall–Kier alpha value is -2.47. The van der Waals surface area contributed by atoms with Crippen molar-refractivity contribution < 1.29 is 4.90 Å². The Balaban J connectivity index is 1.68. The van der Waals surface area contributed by atoms with Gasteiger partial charge in [-0.25, -0.2) is 9.67 Å². The standard InChI is InChI=1S/C19H23N5O/c1-14-5-6-17(15(2)11-14)24-18-16(12-21-24)19(25)23(13-20-18)10-9-22-7-3-4-8-22/h5-6,11-13H,3-4,7-10H2,1-2H3/p+1. The van der Waals surface area contributed by atoms with Crippen LogP contribution in [0.25, 0.3) is 16.7 Å². The van der Waals surface area contributed by atoms with Crippen LogP contribution < -0.4 is 10.5 Å². The molecule has 0 aliphatic carbocycles. The third kappa shape index (κ3) is 2.98. The van der Waals surface area contributed by atoms with Crippen LogP contribution in [0.4, 0.5) is 0 Å². The SMILES string of the molecule is Cc1ccc(-n2ncc3c(=O)n(CC[NH+]4CCCC4)cnc32)c(C)c1. The Labute approximate surface area is 146 Å². The maximum atomic E-state index is 12.8. The van der Waals surface area contributed by atoms with Crippen LogP contribution in [0.15, 0.2) is 35.5 Å². The average Bonchev–Trinajstić information content (AvgIpc) is 3.24. The van der Waals surface area contributed by atoms with Gasteiger partial charge in [-0.3, -0.25) is 9.36 Å². The van der Waals surface area contributed by atoms with Crippen LogP contribution in [-0.4, -0.2) is 39.0 Å². The van der Waals surface area contributed by atoms with Gasteiger partial charge < -0.3 is 4.90 Å². The molecule has 25 heavy (non-hydrogen) atoms. The number of aromatic nitrogens is 4. The van der Waals surface area contributed by atoms with Crippen LogP contribution in [0.2, 0.25) is 0 Å². The summed E-state index contributed by atoms with van der Waals surface area (Å²) in [6.45, 7) is 8.25. The minimum Gasteiger partial charge on any atom is -0.333 e. The fraction of sp³-hybridized carbons (Fsp3) is 0.421. The Morgan fingerprint density at radius 2 is 2.00 bits per heavy atom. The highest BCUT2D eigenvalue weighted by Gasteiger charge is 2.17. The number of quaternary nitrogens is 1. The predicted octanol–water partition coefficient (Wildman–Crippen LogP) is 0.878. The van der Waals surface area contributed by atoms with Crippen molar-refractivity contribution in [1.29, 1.82) is 0 Å². The first-order valence-corrected chi connectivity index (χ1v) is 8.98. The van der Waals surface area contributed by atoms with E-state index in [4.69, 9.17) is 0 Å². The molecule has 4 rings (SSSR count). The van der Waals surface area contributed by atoms with Gasteiger partial charge in [0, 0.05) is 12.8 Å². The van der Waals surface area contributed by atoms with Crippen molar-refractivity contribution in [3.8, 4) is 5.69 Å². The summed E-state index contributed by atoms with van der Waals surface area (Å²) in [4.78, 5) is 18.9. The van der Waals surface area contributed by atoms with E-state index in [9.17, 15) is 4.79 Å². The van der Waals surface area contributed by atoms with Crippen molar-refractivity contribution in [1.82, 2.24) is 19.3 Å². The van der Waals surface area contributed by atoms with Crippen molar-refractivity contribution in [2.75, 3.05) is 19.6 Å². The highest BCUT2D eigenvalue weighted by molar-refractivity contribution is 5.75. The summed E-state index contributed by atoms with van der Waals surface area (Å²) in [5.74, 6) is 0. The lowest BCUT2D eigenvalue weighted by Gasteiger charge is -2.13. The van der Waals surface area contributed by atoms with Gasteiger partial charge in [-0.15, -0.1) is 0 Å². The highest BCUT2D eigenvalue weighted by Crippen LogP contribution is 2.18. The molecule has 1 aliphatic rings. The van der Waals surface area contributed by atoms with E-state index in [1.54, 1.807) is 26.7 Å². The number of likely N-dealkylation sites (tertiary alicyclic amines) is 1. The van der Waals surface area contributed by atoms with Gasteiger partial charge in [-0.1, -0.05) is 17.7 Å². The minimum absolute atomic E-state index is 0.000360. The Morgan fingerprint density at radius 3 is 2.76 bits per heavy atom. The van der Waals surface area contributed by atoms with Crippen molar-refractivity contribution in [2.24, 2.45) is 0 Å². The second-order valence-electron chi connectivity index (χ2n) is 7.03. The number of nitrogens with zero attached hydrogens (tertiary/aromatic N) is 4. The molecular weight excluding hydrogens is 314 g/mol. The molecule has 1 aromatic carbocycles. The number of hydrogen-bond acceptors (Lipinski definition) is 3. The van der Waals surface area contributed by atoms with Crippen molar-refractivity contribution in [2.45, 2.75) is 33.2 Å². The van der Waals surface area contributed by atoms with Crippen LogP contribution >= 0.6 is 0 Å². The molecule has 0 amide bonds. The molecule has 1 aliphatic heterocycles. The first-order valence-electron chi connectivity index (χ1n) is 8.98. The Morgan fingerprint density at radius 1 is 1.20 bits per heavy atom. The van der Waals surface area contributed by atoms with Crippen molar-refractivity contribution >= 4 is 11.0 Å². The summed E-state index contributed by atoms with van der Waals surface area (Å²) in [5, 5.41) is 5.01. The number of hydrogen-bond donors (Lipinski definition) is 1. The summed E-state index contributed by atoms with van der Waals surface area (Å²) in [5.41, 5.74) is 3.92. The second kappa shape index (κ2) is 6.44. The molecule has 0 radical (unpaired) electrons.